The molecule has 1 aliphatic heterocycles. The Kier molecular flexibility index (Phi) is 5.97. The van der Waals surface area contributed by atoms with Gasteiger partial charge in [0.1, 0.15) is 6.04 Å². The number of allylic oxidation sites excluding steroid dienone is 1. The maximum atomic E-state index is 13.4. The Hall–Kier alpha value is -2.19. The highest BCUT2D eigenvalue weighted by atomic mass is 35.5. The van der Waals surface area contributed by atoms with Gasteiger partial charge in [0.05, 0.1) is 22.4 Å². The van der Waals surface area contributed by atoms with Crippen molar-refractivity contribution in [3.63, 3.8) is 0 Å². The van der Waals surface area contributed by atoms with Crippen molar-refractivity contribution in [3.8, 4) is 0 Å². The number of hydrogen-bond donors (Lipinski definition) is 0. The number of thiazole rings is 1. The minimum Gasteiger partial charge on any atom is -0.463 e. The fraction of sp³-hybridized carbons (Fsp3) is 0.190. The number of nitrogens with zero attached hydrogens (tertiary/aromatic N) is 2. The molecule has 0 saturated carbocycles. The summed E-state index contributed by atoms with van der Waals surface area (Å²) in [5.41, 5.74) is 1.37. The molecule has 1 atom stereocenters. The van der Waals surface area contributed by atoms with Crippen LogP contribution in [0.3, 0.4) is 0 Å². The van der Waals surface area contributed by atoms with Crippen LogP contribution in [-0.2, 0) is 9.53 Å². The number of hydrogen-bond acceptors (Lipinski definition) is 6. The number of ether oxygens (including phenoxy) is 1. The number of aromatic nitrogens is 1. The lowest BCUT2D eigenvalue weighted by Crippen LogP contribution is -2.39. The Balaban J connectivity index is 1.95. The van der Waals surface area contributed by atoms with E-state index in [1.54, 1.807) is 42.7 Å². The molecular weight excluding hydrogens is 463 g/mol. The number of rotatable bonds is 4. The van der Waals surface area contributed by atoms with Crippen molar-refractivity contribution in [1.82, 2.24) is 4.57 Å². The standard InChI is InChI=1S/C21H16Cl2N2O3S2/c1-3-28-20(27)17-11(2)24-21-25(18(17)15-5-4-8-29-15)19(26)16(30-21)9-12-6-7-13(22)10-14(12)23/h4-10,18H,3H2,1-2H3/t18-/m1/s1. The molecule has 1 aromatic carbocycles. The van der Waals surface area contributed by atoms with Crippen LogP contribution in [0.25, 0.3) is 6.08 Å². The van der Waals surface area contributed by atoms with Crippen molar-refractivity contribution in [3.05, 3.63) is 87.2 Å². The minimum absolute atomic E-state index is 0.238. The molecule has 0 amide bonds. The third kappa shape index (κ3) is 3.78. The van der Waals surface area contributed by atoms with Gasteiger partial charge in [-0.05, 0) is 49.1 Å². The first-order chi connectivity index (χ1) is 14.4. The summed E-state index contributed by atoms with van der Waals surface area (Å²) in [6.07, 6.45) is 1.72. The zero-order valence-electron chi connectivity index (χ0n) is 16.0. The van der Waals surface area contributed by atoms with Gasteiger partial charge in [0.2, 0.25) is 0 Å². The number of carbonyl (C=O) groups excluding carboxylic acids is 1. The van der Waals surface area contributed by atoms with Crippen molar-refractivity contribution >= 4 is 57.9 Å². The van der Waals surface area contributed by atoms with E-state index in [1.807, 2.05) is 17.5 Å². The van der Waals surface area contributed by atoms with Crippen molar-refractivity contribution < 1.29 is 9.53 Å². The number of esters is 1. The molecular formula is C21H16Cl2N2O3S2. The Labute approximate surface area is 190 Å². The lowest BCUT2D eigenvalue weighted by Gasteiger charge is -2.23. The molecule has 3 aromatic rings. The second-order valence-corrected chi connectivity index (χ2v) is 9.32. The monoisotopic (exact) mass is 478 g/mol. The molecule has 0 unspecified atom stereocenters. The molecule has 154 valence electrons. The summed E-state index contributed by atoms with van der Waals surface area (Å²) in [7, 11) is 0. The van der Waals surface area contributed by atoms with Crippen LogP contribution in [-0.4, -0.2) is 17.1 Å². The van der Waals surface area contributed by atoms with E-state index >= 15 is 0 Å². The molecule has 0 N–H and O–H groups in total. The van der Waals surface area contributed by atoms with Gasteiger partial charge in [-0.25, -0.2) is 9.79 Å². The normalized spacial score (nSPS) is 16.4. The molecule has 0 spiro atoms. The van der Waals surface area contributed by atoms with Crippen LogP contribution in [0.4, 0.5) is 0 Å². The number of halogens is 2. The summed E-state index contributed by atoms with van der Waals surface area (Å²) in [5.74, 6) is -0.466. The number of thiophene rings is 1. The van der Waals surface area contributed by atoms with Crippen LogP contribution in [0.15, 0.2) is 56.8 Å². The predicted octanol–water partition coefficient (Wildman–Crippen LogP) is 4.17. The molecule has 0 fully saturated rings. The second-order valence-electron chi connectivity index (χ2n) is 6.48. The van der Waals surface area contributed by atoms with Gasteiger partial charge >= 0.3 is 5.97 Å². The molecule has 0 radical (unpaired) electrons. The van der Waals surface area contributed by atoms with Crippen molar-refractivity contribution in [2.24, 2.45) is 4.99 Å². The van der Waals surface area contributed by atoms with Gasteiger partial charge in [-0.15, -0.1) is 11.3 Å². The second kappa shape index (κ2) is 8.51. The van der Waals surface area contributed by atoms with Crippen LogP contribution in [0.2, 0.25) is 10.0 Å². The predicted molar refractivity (Wildman–Crippen MR) is 121 cm³/mol. The highest BCUT2D eigenvalue weighted by Crippen LogP contribution is 2.33. The first-order valence-electron chi connectivity index (χ1n) is 9.08. The lowest BCUT2D eigenvalue weighted by atomic mass is 10.0. The van der Waals surface area contributed by atoms with Gasteiger partial charge < -0.3 is 4.74 Å². The van der Waals surface area contributed by atoms with Crippen LogP contribution in [0, 0.1) is 0 Å². The summed E-state index contributed by atoms with van der Waals surface area (Å²) < 4.78 is 7.29. The minimum atomic E-state index is -0.580. The quantitative estimate of drug-likeness (QED) is 0.528. The molecule has 0 saturated heterocycles. The highest BCUT2D eigenvalue weighted by molar-refractivity contribution is 7.10. The summed E-state index contributed by atoms with van der Waals surface area (Å²) >= 11 is 15.0. The molecule has 30 heavy (non-hydrogen) atoms. The van der Waals surface area contributed by atoms with Gasteiger partial charge in [-0.3, -0.25) is 9.36 Å². The SMILES string of the molecule is CCOC(=O)C1=C(C)N=c2sc(=Cc3ccc(Cl)cc3Cl)c(=O)n2[C@@H]1c1cccs1. The zero-order chi connectivity index (χ0) is 21.4. The van der Waals surface area contributed by atoms with E-state index in [0.717, 1.165) is 4.88 Å². The fourth-order valence-corrected chi connectivity index (χ4v) is 5.59. The maximum Gasteiger partial charge on any atom is 0.338 e. The molecule has 2 aromatic heterocycles. The third-order valence-electron chi connectivity index (χ3n) is 4.58. The van der Waals surface area contributed by atoms with Gasteiger partial charge in [0, 0.05) is 14.9 Å². The first-order valence-corrected chi connectivity index (χ1v) is 11.5. The van der Waals surface area contributed by atoms with E-state index < -0.39 is 12.0 Å². The highest BCUT2D eigenvalue weighted by Gasteiger charge is 2.33. The number of carbonyl (C=O) groups is 1. The van der Waals surface area contributed by atoms with Crippen molar-refractivity contribution in [2.75, 3.05) is 6.61 Å². The topological polar surface area (TPSA) is 60.7 Å². The molecule has 1 aliphatic rings. The molecule has 3 heterocycles. The third-order valence-corrected chi connectivity index (χ3v) is 7.05. The average molecular weight is 479 g/mol. The van der Waals surface area contributed by atoms with Crippen LogP contribution < -0.4 is 14.9 Å². The fourth-order valence-electron chi connectivity index (χ4n) is 3.27. The van der Waals surface area contributed by atoms with Gasteiger partial charge in [-0.2, -0.15) is 0 Å². The summed E-state index contributed by atoms with van der Waals surface area (Å²) in [5, 5.41) is 2.88. The maximum absolute atomic E-state index is 13.4. The Morgan fingerprint density at radius 3 is 2.80 bits per heavy atom. The Bertz CT molecular complexity index is 1340. The lowest BCUT2D eigenvalue weighted by molar-refractivity contribution is -0.139. The Morgan fingerprint density at radius 1 is 1.33 bits per heavy atom. The molecule has 9 heteroatoms. The van der Waals surface area contributed by atoms with Gasteiger partial charge in [0.15, 0.2) is 4.80 Å². The molecule has 0 aliphatic carbocycles. The first kappa shape index (κ1) is 21.1. The van der Waals surface area contributed by atoms with Crippen LogP contribution in [0.5, 0.6) is 0 Å². The molecule has 4 rings (SSSR count). The largest absolute Gasteiger partial charge is 0.463 e. The Morgan fingerprint density at radius 2 is 2.13 bits per heavy atom. The smallest absolute Gasteiger partial charge is 0.338 e. The van der Waals surface area contributed by atoms with Crippen molar-refractivity contribution in [1.29, 1.82) is 0 Å². The summed E-state index contributed by atoms with van der Waals surface area (Å²) in [6, 6.07) is 8.32. The molecule has 0 bridgehead atoms. The van der Waals surface area contributed by atoms with Crippen LogP contribution in [0.1, 0.15) is 30.3 Å². The van der Waals surface area contributed by atoms with E-state index in [1.165, 1.54) is 22.7 Å². The van der Waals surface area contributed by atoms with E-state index in [9.17, 15) is 9.59 Å². The number of benzene rings is 1. The van der Waals surface area contributed by atoms with E-state index in [-0.39, 0.29) is 12.2 Å². The van der Waals surface area contributed by atoms with E-state index in [0.29, 0.717) is 36.2 Å². The molecule has 5 nitrogen and oxygen atoms in total. The average Bonchev–Trinajstić information content (AvgIpc) is 3.32. The van der Waals surface area contributed by atoms with E-state index in [2.05, 4.69) is 4.99 Å². The van der Waals surface area contributed by atoms with Gasteiger partial charge in [0.25, 0.3) is 5.56 Å². The number of fused-ring (bicyclic) bond motifs is 1. The van der Waals surface area contributed by atoms with Gasteiger partial charge in [-0.1, -0.05) is 46.7 Å². The summed E-state index contributed by atoms with van der Waals surface area (Å²) in [6.45, 7) is 3.76. The summed E-state index contributed by atoms with van der Waals surface area (Å²) in [4.78, 5) is 32.0. The van der Waals surface area contributed by atoms with E-state index in [4.69, 9.17) is 27.9 Å². The van der Waals surface area contributed by atoms with Crippen LogP contribution >= 0.6 is 45.9 Å². The van der Waals surface area contributed by atoms with Crippen molar-refractivity contribution in [2.45, 2.75) is 19.9 Å². The zero-order valence-corrected chi connectivity index (χ0v) is 19.2.